The number of likely N-dealkylation sites (N-methyl/N-ethyl adjacent to an activating group) is 1. The number of halogens is 1. The fraction of sp³-hybridized carbons (Fsp3) is 0.333. The molecule has 4 aromatic rings. The summed E-state index contributed by atoms with van der Waals surface area (Å²) in [4.78, 5) is 29.6. The van der Waals surface area contributed by atoms with Gasteiger partial charge in [-0.3, -0.25) is 4.79 Å². The van der Waals surface area contributed by atoms with Crippen molar-refractivity contribution < 1.29 is 14.3 Å². The predicted octanol–water partition coefficient (Wildman–Crippen LogP) is 7.15. The van der Waals surface area contributed by atoms with E-state index < -0.39 is 5.60 Å². The van der Waals surface area contributed by atoms with E-state index in [1.54, 1.807) is 19.1 Å². The summed E-state index contributed by atoms with van der Waals surface area (Å²) in [7, 11) is 3.40. The summed E-state index contributed by atoms with van der Waals surface area (Å²) in [5, 5.41) is 3.78. The molecule has 1 atom stereocenters. The van der Waals surface area contributed by atoms with Crippen LogP contribution in [-0.4, -0.2) is 42.3 Å². The lowest BCUT2D eigenvalue weighted by atomic mass is 9.94. The van der Waals surface area contributed by atoms with Gasteiger partial charge in [-0.25, -0.2) is 4.79 Å². The van der Waals surface area contributed by atoms with Gasteiger partial charge in [-0.15, -0.1) is 11.3 Å². The summed E-state index contributed by atoms with van der Waals surface area (Å²) in [6.45, 7) is 8.21. The van der Waals surface area contributed by atoms with E-state index in [1.165, 1.54) is 11.3 Å². The minimum atomic E-state index is -0.527. The second-order valence-corrected chi connectivity index (χ2v) is 11.5. The Hall–Kier alpha value is -2.84. The summed E-state index contributed by atoms with van der Waals surface area (Å²) in [6.07, 6.45) is -0.333. The van der Waals surface area contributed by atoms with E-state index in [-0.39, 0.29) is 17.6 Å². The summed E-state index contributed by atoms with van der Waals surface area (Å²) in [5.74, 6) is 0.833. The topological polar surface area (TPSA) is 71.6 Å². The van der Waals surface area contributed by atoms with E-state index in [4.69, 9.17) is 9.47 Å². The average Bonchev–Trinajstić information content (AvgIpc) is 3.29. The number of hydrogen-bond donors (Lipinski definition) is 1. The number of H-pyrrole nitrogens is 1. The van der Waals surface area contributed by atoms with Gasteiger partial charge in [0.2, 0.25) is 0 Å². The zero-order chi connectivity index (χ0) is 25.5. The van der Waals surface area contributed by atoms with Gasteiger partial charge in [0.15, 0.2) is 0 Å². The van der Waals surface area contributed by atoms with E-state index >= 15 is 0 Å². The number of nitrogens with zero attached hydrogens (tertiary/aromatic N) is 1. The number of ether oxygens (including phenoxy) is 2. The molecule has 2 heterocycles. The first kappa shape index (κ1) is 25.3. The molecule has 6 nitrogen and oxygen atoms in total. The molecule has 0 aliphatic carbocycles. The van der Waals surface area contributed by atoms with Crippen molar-refractivity contribution >= 4 is 54.3 Å². The predicted molar refractivity (Wildman–Crippen MR) is 147 cm³/mol. The lowest BCUT2D eigenvalue weighted by Crippen LogP contribution is -2.36. The van der Waals surface area contributed by atoms with Crippen LogP contribution in [-0.2, 0) is 4.74 Å². The molecule has 1 amide bonds. The molecule has 0 aliphatic rings. The quantitative estimate of drug-likeness (QED) is 0.283. The molecule has 0 aliphatic heterocycles. The Morgan fingerprint density at radius 2 is 1.89 bits per heavy atom. The maximum Gasteiger partial charge on any atom is 0.410 e. The fourth-order valence-electron chi connectivity index (χ4n) is 4.23. The molecule has 0 saturated carbocycles. The molecule has 35 heavy (non-hydrogen) atoms. The van der Waals surface area contributed by atoms with Crippen molar-refractivity contribution in [1.29, 1.82) is 0 Å². The Morgan fingerprint density at radius 3 is 2.51 bits per heavy atom. The van der Waals surface area contributed by atoms with Crippen LogP contribution in [0.25, 0.3) is 32.1 Å². The van der Waals surface area contributed by atoms with Gasteiger partial charge in [0.1, 0.15) is 16.1 Å². The van der Waals surface area contributed by atoms with Crippen molar-refractivity contribution in [1.82, 2.24) is 9.88 Å². The highest BCUT2D eigenvalue weighted by Crippen LogP contribution is 2.43. The van der Waals surface area contributed by atoms with Gasteiger partial charge in [0, 0.05) is 34.4 Å². The number of aromatic amines is 1. The van der Waals surface area contributed by atoms with Crippen LogP contribution in [0.4, 0.5) is 4.79 Å². The van der Waals surface area contributed by atoms with Gasteiger partial charge < -0.3 is 19.4 Å². The number of amides is 1. The number of nitrogens with one attached hydrogen (secondary N) is 1. The summed E-state index contributed by atoms with van der Waals surface area (Å²) in [5.41, 5.74) is 3.14. The Balaban J connectivity index is 1.72. The van der Waals surface area contributed by atoms with E-state index in [1.807, 2.05) is 38.3 Å². The van der Waals surface area contributed by atoms with Gasteiger partial charge in [0.25, 0.3) is 5.56 Å². The largest absolute Gasteiger partial charge is 0.496 e. The number of fused-ring (bicyclic) bond motifs is 3. The Kier molecular flexibility index (Phi) is 6.97. The van der Waals surface area contributed by atoms with Crippen LogP contribution < -0.4 is 10.3 Å². The number of carbonyl (C=O) groups is 1. The number of rotatable bonds is 5. The molecule has 1 unspecified atom stereocenters. The minimum Gasteiger partial charge on any atom is -0.496 e. The molecule has 0 radical (unpaired) electrons. The summed E-state index contributed by atoms with van der Waals surface area (Å²) >= 11 is 5.02. The number of thiophene rings is 1. The smallest absolute Gasteiger partial charge is 0.410 e. The standard InChI is InChI=1S/C27H29BrN2O4S/c1-15(14-30(5)26(32)34-27(2,3)4)16-7-9-17(10-8-16)21-20(33-6)13-19(28)23-22(21)18-11-12-35-24(18)25(31)29-23/h7-13,15H,14H2,1-6H3,(H,29,31). The normalized spacial score (nSPS) is 12.7. The average molecular weight is 558 g/mol. The van der Waals surface area contributed by atoms with Crippen LogP contribution in [0.1, 0.15) is 39.2 Å². The highest BCUT2D eigenvalue weighted by atomic mass is 79.9. The second kappa shape index (κ2) is 9.66. The molecule has 0 saturated heterocycles. The van der Waals surface area contributed by atoms with Crippen LogP contribution in [0.15, 0.2) is 51.0 Å². The first-order chi connectivity index (χ1) is 16.5. The van der Waals surface area contributed by atoms with Crippen molar-refractivity contribution in [2.24, 2.45) is 0 Å². The maximum atomic E-state index is 12.6. The lowest BCUT2D eigenvalue weighted by molar-refractivity contribution is 0.0291. The monoisotopic (exact) mass is 556 g/mol. The molecular weight excluding hydrogens is 528 g/mol. The molecule has 0 spiro atoms. The third kappa shape index (κ3) is 5.09. The first-order valence-corrected chi connectivity index (χ1v) is 13.0. The van der Waals surface area contributed by atoms with Crippen LogP contribution in [0, 0.1) is 0 Å². The van der Waals surface area contributed by atoms with Gasteiger partial charge >= 0.3 is 6.09 Å². The molecule has 2 aromatic heterocycles. The maximum absolute atomic E-state index is 12.6. The molecule has 1 N–H and O–H groups in total. The molecule has 184 valence electrons. The number of aromatic nitrogens is 1. The van der Waals surface area contributed by atoms with Gasteiger partial charge in [-0.2, -0.15) is 0 Å². The number of hydrogen-bond acceptors (Lipinski definition) is 5. The SMILES string of the molecule is COc1cc(Br)c2[nH]c(=O)c3sccc3c2c1-c1ccc(C(C)CN(C)C(=O)OC(C)(C)C)cc1. The zero-order valence-corrected chi connectivity index (χ0v) is 23.1. The van der Waals surface area contributed by atoms with Crippen molar-refractivity contribution in [2.75, 3.05) is 20.7 Å². The lowest BCUT2D eigenvalue weighted by Gasteiger charge is -2.26. The molecular formula is C27H29BrN2O4S. The molecule has 2 aromatic carbocycles. The van der Waals surface area contributed by atoms with E-state index in [0.717, 1.165) is 43.2 Å². The van der Waals surface area contributed by atoms with Gasteiger partial charge in [-0.1, -0.05) is 31.2 Å². The minimum absolute atomic E-state index is 0.0994. The summed E-state index contributed by atoms with van der Waals surface area (Å²) in [6, 6.07) is 12.1. The second-order valence-electron chi connectivity index (χ2n) is 9.69. The van der Waals surface area contributed by atoms with E-state index in [9.17, 15) is 9.59 Å². The molecule has 0 fully saturated rings. The first-order valence-electron chi connectivity index (χ1n) is 11.3. The van der Waals surface area contributed by atoms with Crippen LogP contribution in [0.2, 0.25) is 0 Å². The van der Waals surface area contributed by atoms with Crippen molar-refractivity contribution in [3.05, 3.63) is 62.2 Å². The number of pyridine rings is 1. The zero-order valence-electron chi connectivity index (χ0n) is 20.7. The Morgan fingerprint density at radius 1 is 1.20 bits per heavy atom. The van der Waals surface area contributed by atoms with Crippen LogP contribution >= 0.6 is 27.3 Å². The van der Waals surface area contributed by atoms with Gasteiger partial charge in [0.05, 0.1) is 12.6 Å². The van der Waals surface area contributed by atoms with Crippen molar-refractivity contribution in [3.8, 4) is 16.9 Å². The van der Waals surface area contributed by atoms with Crippen molar-refractivity contribution in [3.63, 3.8) is 0 Å². The number of carbonyl (C=O) groups excluding carboxylic acids is 1. The number of benzene rings is 2. The Labute approximate surface area is 217 Å². The van der Waals surface area contributed by atoms with Crippen molar-refractivity contribution in [2.45, 2.75) is 39.2 Å². The van der Waals surface area contributed by atoms with Crippen LogP contribution in [0.3, 0.4) is 0 Å². The number of methoxy groups -OCH3 is 1. The highest BCUT2D eigenvalue weighted by molar-refractivity contribution is 9.10. The third-order valence-electron chi connectivity index (χ3n) is 5.86. The summed E-state index contributed by atoms with van der Waals surface area (Å²) < 4.78 is 12.7. The third-order valence-corrected chi connectivity index (χ3v) is 7.40. The molecule has 8 heteroatoms. The molecule has 0 bridgehead atoms. The Bertz CT molecular complexity index is 1450. The van der Waals surface area contributed by atoms with Gasteiger partial charge in [-0.05, 0) is 71.3 Å². The fourth-order valence-corrected chi connectivity index (χ4v) is 5.53. The van der Waals surface area contributed by atoms with E-state index in [0.29, 0.717) is 11.2 Å². The molecule has 4 rings (SSSR count). The van der Waals surface area contributed by atoms with E-state index in [2.05, 4.69) is 52.1 Å². The van der Waals surface area contributed by atoms with Crippen LogP contribution in [0.5, 0.6) is 5.75 Å². The highest BCUT2D eigenvalue weighted by Gasteiger charge is 2.22.